The van der Waals surface area contributed by atoms with E-state index >= 15 is 0 Å². The van der Waals surface area contributed by atoms with E-state index in [4.69, 9.17) is 9.47 Å². The van der Waals surface area contributed by atoms with Crippen molar-refractivity contribution >= 4 is 10.0 Å². The molecule has 1 atom stereocenters. The molecule has 3 rings (SSSR count). The fourth-order valence-electron chi connectivity index (χ4n) is 2.90. The molecule has 1 saturated heterocycles. The zero-order chi connectivity index (χ0) is 18.7. The summed E-state index contributed by atoms with van der Waals surface area (Å²) in [6, 6.07) is 5.23. The number of piperidine rings is 1. The first-order valence-electron chi connectivity index (χ1n) is 8.50. The molecule has 0 radical (unpaired) electrons. The molecule has 1 unspecified atom stereocenters. The minimum Gasteiger partial charge on any atom is -0.480 e. The normalized spacial score (nSPS) is 18.5. The first kappa shape index (κ1) is 18.6. The van der Waals surface area contributed by atoms with E-state index in [0.29, 0.717) is 23.2 Å². The minimum atomic E-state index is -3.55. The van der Waals surface area contributed by atoms with Gasteiger partial charge in [-0.3, -0.25) is 4.98 Å². The van der Waals surface area contributed by atoms with Gasteiger partial charge in [0.1, 0.15) is 6.10 Å². The number of aromatic nitrogens is 2. The van der Waals surface area contributed by atoms with Gasteiger partial charge >= 0.3 is 0 Å². The number of benzene rings is 1. The average molecular weight is 377 g/mol. The molecule has 7 nitrogen and oxygen atoms in total. The van der Waals surface area contributed by atoms with Crippen LogP contribution in [0.5, 0.6) is 11.8 Å². The van der Waals surface area contributed by atoms with Gasteiger partial charge in [-0.25, -0.2) is 8.42 Å². The second-order valence-electron chi connectivity index (χ2n) is 6.39. The Hall–Kier alpha value is -2.19. The van der Waals surface area contributed by atoms with Crippen LogP contribution in [-0.4, -0.2) is 49.0 Å². The molecule has 1 fully saturated rings. The predicted molar refractivity (Wildman–Crippen MR) is 96.9 cm³/mol. The summed E-state index contributed by atoms with van der Waals surface area (Å²) in [5, 5.41) is 0. The molecule has 1 aromatic carbocycles. The van der Waals surface area contributed by atoms with Crippen molar-refractivity contribution in [2.75, 3.05) is 20.2 Å². The molecule has 8 heteroatoms. The van der Waals surface area contributed by atoms with Gasteiger partial charge in [0.2, 0.25) is 21.8 Å². The Morgan fingerprint density at radius 3 is 2.65 bits per heavy atom. The maximum atomic E-state index is 13.0. The lowest BCUT2D eigenvalue weighted by Gasteiger charge is -2.31. The topological polar surface area (TPSA) is 81.6 Å². The molecular formula is C18H23N3O4S. The molecule has 1 aliphatic rings. The van der Waals surface area contributed by atoms with Crippen LogP contribution in [0.2, 0.25) is 0 Å². The maximum Gasteiger partial charge on any atom is 0.243 e. The fourth-order valence-corrected chi connectivity index (χ4v) is 4.50. The average Bonchev–Trinajstić information content (AvgIpc) is 2.64. The molecule has 140 valence electrons. The van der Waals surface area contributed by atoms with Crippen LogP contribution in [0.15, 0.2) is 35.5 Å². The molecule has 0 amide bonds. The van der Waals surface area contributed by atoms with Crippen LogP contribution in [0, 0.1) is 13.8 Å². The lowest BCUT2D eigenvalue weighted by Crippen LogP contribution is -2.44. The summed E-state index contributed by atoms with van der Waals surface area (Å²) < 4.78 is 38.3. The molecular weight excluding hydrogens is 354 g/mol. The summed E-state index contributed by atoms with van der Waals surface area (Å²) in [6.45, 7) is 4.65. The molecule has 0 saturated carbocycles. The SMILES string of the molecule is COc1cncc(OC2CCCN(S(=O)(=O)c3ccc(C)c(C)c3)C2)n1. The van der Waals surface area contributed by atoms with Gasteiger partial charge in [0, 0.05) is 6.54 Å². The molecule has 0 aliphatic carbocycles. The van der Waals surface area contributed by atoms with E-state index in [9.17, 15) is 8.42 Å². The summed E-state index contributed by atoms with van der Waals surface area (Å²) in [7, 11) is -2.04. The van der Waals surface area contributed by atoms with Crippen LogP contribution in [-0.2, 0) is 10.0 Å². The Morgan fingerprint density at radius 1 is 1.15 bits per heavy atom. The third kappa shape index (κ3) is 3.96. The third-order valence-corrected chi connectivity index (χ3v) is 6.41. The molecule has 26 heavy (non-hydrogen) atoms. The van der Waals surface area contributed by atoms with E-state index in [1.807, 2.05) is 19.9 Å². The van der Waals surface area contributed by atoms with Gasteiger partial charge in [-0.2, -0.15) is 9.29 Å². The van der Waals surface area contributed by atoms with E-state index in [2.05, 4.69) is 9.97 Å². The maximum absolute atomic E-state index is 13.0. The Morgan fingerprint density at radius 2 is 1.92 bits per heavy atom. The van der Waals surface area contributed by atoms with Crippen molar-refractivity contribution in [2.24, 2.45) is 0 Å². The predicted octanol–water partition coefficient (Wildman–Crippen LogP) is 2.33. The van der Waals surface area contributed by atoms with Crippen molar-refractivity contribution in [1.82, 2.24) is 14.3 Å². The van der Waals surface area contributed by atoms with Gasteiger partial charge in [-0.05, 0) is 49.9 Å². The van der Waals surface area contributed by atoms with Gasteiger partial charge in [0.25, 0.3) is 0 Å². The highest BCUT2D eigenvalue weighted by molar-refractivity contribution is 7.89. The van der Waals surface area contributed by atoms with Gasteiger partial charge in [-0.15, -0.1) is 0 Å². The number of sulfonamides is 1. The fraction of sp³-hybridized carbons (Fsp3) is 0.444. The molecule has 1 aliphatic heterocycles. The number of nitrogens with zero attached hydrogens (tertiary/aromatic N) is 3. The monoisotopic (exact) mass is 377 g/mol. The second-order valence-corrected chi connectivity index (χ2v) is 8.33. The number of rotatable bonds is 5. The van der Waals surface area contributed by atoms with Crippen LogP contribution in [0.3, 0.4) is 0 Å². The van der Waals surface area contributed by atoms with Crippen molar-refractivity contribution in [3.8, 4) is 11.8 Å². The summed E-state index contributed by atoms with van der Waals surface area (Å²) in [4.78, 5) is 8.51. The third-order valence-electron chi connectivity index (χ3n) is 4.54. The molecule has 1 aromatic heterocycles. The van der Waals surface area contributed by atoms with Crippen LogP contribution in [0.4, 0.5) is 0 Å². The highest BCUT2D eigenvalue weighted by Crippen LogP contribution is 2.24. The zero-order valence-electron chi connectivity index (χ0n) is 15.2. The minimum absolute atomic E-state index is 0.272. The van der Waals surface area contributed by atoms with Gasteiger partial charge in [0.05, 0.1) is 30.9 Å². The van der Waals surface area contributed by atoms with Crippen LogP contribution in [0.1, 0.15) is 24.0 Å². The van der Waals surface area contributed by atoms with E-state index in [0.717, 1.165) is 24.0 Å². The Kier molecular flexibility index (Phi) is 5.43. The quantitative estimate of drug-likeness (QED) is 0.795. The van der Waals surface area contributed by atoms with Crippen LogP contribution in [0.25, 0.3) is 0 Å². The Labute approximate surface area is 154 Å². The highest BCUT2D eigenvalue weighted by atomic mass is 32.2. The lowest BCUT2D eigenvalue weighted by atomic mass is 10.1. The largest absolute Gasteiger partial charge is 0.480 e. The Balaban J connectivity index is 1.75. The number of aryl methyl sites for hydroxylation is 2. The zero-order valence-corrected chi connectivity index (χ0v) is 16.0. The van der Waals surface area contributed by atoms with Crippen molar-refractivity contribution in [3.63, 3.8) is 0 Å². The van der Waals surface area contributed by atoms with Crippen LogP contribution >= 0.6 is 0 Å². The van der Waals surface area contributed by atoms with Crippen LogP contribution < -0.4 is 9.47 Å². The van der Waals surface area contributed by atoms with Crippen molar-refractivity contribution in [3.05, 3.63) is 41.7 Å². The first-order valence-corrected chi connectivity index (χ1v) is 9.94. The number of hydrogen-bond acceptors (Lipinski definition) is 6. The molecule has 0 N–H and O–H groups in total. The lowest BCUT2D eigenvalue weighted by molar-refractivity contribution is 0.123. The number of hydrogen-bond donors (Lipinski definition) is 0. The van der Waals surface area contributed by atoms with E-state index < -0.39 is 10.0 Å². The second kappa shape index (κ2) is 7.59. The van der Waals surface area contributed by atoms with Gasteiger partial charge < -0.3 is 9.47 Å². The van der Waals surface area contributed by atoms with Crippen molar-refractivity contribution < 1.29 is 17.9 Å². The summed E-state index contributed by atoms with van der Waals surface area (Å²) in [6.07, 6.45) is 4.21. The Bertz CT molecular complexity index is 886. The first-order chi connectivity index (χ1) is 12.4. The van der Waals surface area contributed by atoms with Gasteiger partial charge in [-0.1, -0.05) is 6.07 Å². The van der Waals surface area contributed by atoms with Gasteiger partial charge in [0.15, 0.2) is 0 Å². The molecule has 2 aromatic rings. The van der Waals surface area contributed by atoms with Crippen molar-refractivity contribution in [1.29, 1.82) is 0 Å². The number of ether oxygens (including phenoxy) is 2. The molecule has 0 bridgehead atoms. The van der Waals surface area contributed by atoms with E-state index in [1.165, 1.54) is 23.8 Å². The number of methoxy groups -OCH3 is 1. The molecule has 2 heterocycles. The summed E-state index contributed by atoms with van der Waals surface area (Å²) in [5.41, 5.74) is 2.03. The van der Waals surface area contributed by atoms with Crippen molar-refractivity contribution in [2.45, 2.75) is 37.7 Å². The standard InChI is InChI=1S/C18H23N3O4S/c1-13-6-7-16(9-14(13)2)26(22,23)21-8-4-5-15(12-21)25-18-11-19-10-17(20-18)24-3/h6-7,9-11,15H,4-5,8,12H2,1-3H3. The van der Waals surface area contributed by atoms with E-state index in [1.54, 1.807) is 12.1 Å². The summed E-state index contributed by atoms with van der Waals surface area (Å²) >= 11 is 0. The molecule has 0 spiro atoms. The smallest absolute Gasteiger partial charge is 0.243 e. The van der Waals surface area contributed by atoms with E-state index in [-0.39, 0.29) is 12.6 Å². The highest BCUT2D eigenvalue weighted by Gasteiger charge is 2.31. The summed E-state index contributed by atoms with van der Waals surface area (Å²) in [5.74, 6) is 0.692.